The number of aromatic nitrogens is 3. The number of aryl methyl sites for hydroxylation is 2. The molecule has 0 spiro atoms. The Hall–Kier alpha value is -2.04. The van der Waals surface area contributed by atoms with Crippen molar-refractivity contribution < 1.29 is 0 Å². The van der Waals surface area contributed by atoms with Crippen molar-refractivity contribution in [3.05, 3.63) is 29.8 Å². The quantitative estimate of drug-likeness (QED) is 0.738. The third-order valence-electron chi connectivity index (χ3n) is 2.52. The first kappa shape index (κ1) is 10.5. The number of anilines is 1. The predicted molar refractivity (Wildman–Crippen MR) is 64.1 cm³/mol. The minimum atomic E-state index is 0.475. The van der Waals surface area contributed by atoms with Crippen molar-refractivity contribution in [2.75, 3.05) is 11.6 Å². The van der Waals surface area contributed by atoms with Crippen LogP contribution in [0.15, 0.2) is 18.3 Å². The molecule has 16 heavy (non-hydrogen) atoms. The zero-order valence-corrected chi connectivity index (χ0v) is 9.44. The standard InChI is InChI=1S/C11H15N5/c1-3-9-15-10(11(12)16(9)13)8-5-4-7(2)14-6-8/h4-6H,3,12-13H2,1-2H3. The molecular weight excluding hydrogens is 202 g/mol. The predicted octanol–water partition coefficient (Wildman–Crippen LogP) is 1.11. The van der Waals surface area contributed by atoms with E-state index in [2.05, 4.69) is 9.97 Å². The Morgan fingerprint density at radius 1 is 1.38 bits per heavy atom. The molecule has 4 N–H and O–H groups in total. The third kappa shape index (κ3) is 1.60. The van der Waals surface area contributed by atoms with Gasteiger partial charge in [0.15, 0.2) is 5.82 Å². The third-order valence-corrected chi connectivity index (χ3v) is 2.52. The highest BCUT2D eigenvalue weighted by atomic mass is 15.4. The monoisotopic (exact) mass is 217 g/mol. The van der Waals surface area contributed by atoms with Crippen molar-refractivity contribution >= 4 is 5.82 Å². The first-order valence-corrected chi connectivity index (χ1v) is 5.18. The van der Waals surface area contributed by atoms with E-state index < -0.39 is 0 Å². The van der Waals surface area contributed by atoms with E-state index in [0.29, 0.717) is 11.5 Å². The largest absolute Gasteiger partial charge is 0.382 e. The van der Waals surface area contributed by atoms with Crippen molar-refractivity contribution in [3.63, 3.8) is 0 Å². The molecule has 0 aliphatic rings. The normalized spacial score (nSPS) is 10.6. The maximum Gasteiger partial charge on any atom is 0.150 e. The molecule has 2 aromatic rings. The van der Waals surface area contributed by atoms with Crippen LogP contribution in [-0.2, 0) is 6.42 Å². The molecule has 5 nitrogen and oxygen atoms in total. The van der Waals surface area contributed by atoms with E-state index in [1.54, 1.807) is 6.20 Å². The second-order valence-electron chi connectivity index (χ2n) is 3.67. The lowest BCUT2D eigenvalue weighted by atomic mass is 10.2. The highest BCUT2D eigenvalue weighted by molar-refractivity contribution is 5.70. The van der Waals surface area contributed by atoms with Gasteiger partial charge in [0.2, 0.25) is 0 Å². The number of hydrogen-bond acceptors (Lipinski definition) is 4. The molecule has 0 aliphatic carbocycles. The summed E-state index contributed by atoms with van der Waals surface area (Å²) in [4.78, 5) is 8.62. The molecule has 0 amide bonds. The summed E-state index contributed by atoms with van der Waals surface area (Å²) in [5, 5.41) is 0. The summed E-state index contributed by atoms with van der Waals surface area (Å²) < 4.78 is 1.43. The number of pyridine rings is 1. The summed E-state index contributed by atoms with van der Waals surface area (Å²) in [6, 6.07) is 3.87. The van der Waals surface area contributed by atoms with Gasteiger partial charge in [0.25, 0.3) is 0 Å². The van der Waals surface area contributed by atoms with Gasteiger partial charge in [0, 0.05) is 23.9 Å². The summed E-state index contributed by atoms with van der Waals surface area (Å²) in [6.45, 7) is 3.93. The SMILES string of the molecule is CCc1nc(-c2ccc(C)nc2)c(N)n1N. The molecule has 2 aromatic heterocycles. The first-order chi connectivity index (χ1) is 7.63. The van der Waals surface area contributed by atoms with Crippen molar-refractivity contribution in [2.45, 2.75) is 20.3 Å². The van der Waals surface area contributed by atoms with Crippen LogP contribution in [0.4, 0.5) is 5.82 Å². The molecule has 0 aromatic carbocycles. The van der Waals surface area contributed by atoms with E-state index in [1.165, 1.54) is 4.68 Å². The van der Waals surface area contributed by atoms with Gasteiger partial charge in [-0.1, -0.05) is 6.92 Å². The molecule has 84 valence electrons. The summed E-state index contributed by atoms with van der Waals surface area (Å²) in [5.41, 5.74) is 8.45. The molecule has 0 aliphatic heterocycles. The molecule has 5 heteroatoms. The van der Waals surface area contributed by atoms with E-state index in [9.17, 15) is 0 Å². The lowest BCUT2D eigenvalue weighted by molar-refractivity contribution is 0.865. The van der Waals surface area contributed by atoms with Crippen molar-refractivity contribution in [1.29, 1.82) is 0 Å². The van der Waals surface area contributed by atoms with Crippen LogP contribution in [-0.4, -0.2) is 14.6 Å². The molecule has 0 fully saturated rings. The highest BCUT2D eigenvalue weighted by Crippen LogP contribution is 2.24. The van der Waals surface area contributed by atoms with Crippen molar-refractivity contribution in [2.24, 2.45) is 0 Å². The molecule has 0 saturated carbocycles. The van der Waals surface area contributed by atoms with Gasteiger partial charge >= 0.3 is 0 Å². The maximum absolute atomic E-state index is 5.90. The lowest BCUT2D eigenvalue weighted by Gasteiger charge is -2.00. The van der Waals surface area contributed by atoms with Gasteiger partial charge in [-0.15, -0.1) is 0 Å². The van der Waals surface area contributed by atoms with Gasteiger partial charge in [0.1, 0.15) is 11.5 Å². The molecule has 0 bridgehead atoms. The van der Waals surface area contributed by atoms with Gasteiger partial charge in [-0.3, -0.25) is 4.98 Å². The molecule has 0 radical (unpaired) electrons. The molecule has 2 heterocycles. The van der Waals surface area contributed by atoms with Crippen molar-refractivity contribution in [1.82, 2.24) is 14.6 Å². The Morgan fingerprint density at radius 3 is 2.62 bits per heavy atom. The number of nitrogen functional groups attached to an aromatic ring is 2. The summed E-state index contributed by atoms with van der Waals surface area (Å²) in [5.74, 6) is 7.04. The Balaban J connectivity index is 2.52. The average Bonchev–Trinajstić information content (AvgIpc) is 2.57. The van der Waals surface area contributed by atoms with Crippen LogP contribution in [0.25, 0.3) is 11.3 Å². The number of rotatable bonds is 2. The second kappa shape index (κ2) is 3.84. The van der Waals surface area contributed by atoms with Crippen LogP contribution in [0.2, 0.25) is 0 Å². The van der Waals surface area contributed by atoms with Crippen LogP contribution < -0.4 is 11.6 Å². The number of nitrogens with zero attached hydrogens (tertiary/aromatic N) is 3. The lowest BCUT2D eigenvalue weighted by Crippen LogP contribution is -2.14. The molecular formula is C11H15N5. The minimum absolute atomic E-state index is 0.475. The second-order valence-corrected chi connectivity index (χ2v) is 3.67. The first-order valence-electron chi connectivity index (χ1n) is 5.18. The van der Waals surface area contributed by atoms with Crippen LogP contribution in [0.1, 0.15) is 18.4 Å². The summed E-state index contributed by atoms with van der Waals surface area (Å²) in [6.07, 6.45) is 2.51. The van der Waals surface area contributed by atoms with Gasteiger partial charge in [-0.2, -0.15) is 0 Å². The van der Waals surface area contributed by atoms with Crippen LogP contribution in [0, 0.1) is 6.92 Å². The molecule has 0 atom stereocenters. The highest BCUT2D eigenvalue weighted by Gasteiger charge is 2.13. The topological polar surface area (TPSA) is 82.8 Å². The van der Waals surface area contributed by atoms with E-state index in [0.717, 1.165) is 23.5 Å². The molecule has 0 saturated heterocycles. The summed E-state index contributed by atoms with van der Waals surface area (Å²) in [7, 11) is 0. The van der Waals surface area contributed by atoms with Gasteiger partial charge in [-0.25, -0.2) is 9.66 Å². The van der Waals surface area contributed by atoms with Crippen LogP contribution >= 0.6 is 0 Å². The van der Waals surface area contributed by atoms with E-state index >= 15 is 0 Å². The van der Waals surface area contributed by atoms with E-state index in [-0.39, 0.29) is 0 Å². The van der Waals surface area contributed by atoms with Gasteiger partial charge < -0.3 is 11.6 Å². The van der Waals surface area contributed by atoms with Crippen LogP contribution in [0.5, 0.6) is 0 Å². The van der Waals surface area contributed by atoms with E-state index in [1.807, 2.05) is 26.0 Å². The van der Waals surface area contributed by atoms with E-state index in [4.69, 9.17) is 11.6 Å². The number of hydrogen-bond donors (Lipinski definition) is 2. The number of nitrogens with two attached hydrogens (primary N) is 2. The fraction of sp³-hybridized carbons (Fsp3) is 0.273. The maximum atomic E-state index is 5.90. The minimum Gasteiger partial charge on any atom is -0.382 e. The zero-order valence-electron chi connectivity index (χ0n) is 9.44. The van der Waals surface area contributed by atoms with Gasteiger partial charge in [0.05, 0.1) is 0 Å². The van der Waals surface area contributed by atoms with Crippen LogP contribution in [0.3, 0.4) is 0 Å². The summed E-state index contributed by atoms with van der Waals surface area (Å²) >= 11 is 0. The Kier molecular flexibility index (Phi) is 2.52. The Morgan fingerprint density at radius 2 is 2.12 bits per heavy atom. The molecule has 2 rings (SSSR count). The fourth-order valence-corrected chi connectivity index (χ4v) is 1.56. The average molecular weight is 217 g/mol. The smallest absolute Gasteiger partial charge is 0.150 e. The number of imidazole rings is 1. The fourth-order valence-electron chi connectivity index (χ4n) is 1.56. The zero-order chi connectivity index (χ0) is 11.7. The van der Waals surface area contributed by atoms with Crippen molar-refractivity contribution in [3.8, 4) is 11.3 Å². The Labute approximate surface area is 94.1 Å². The van der Waals surface area contributed by atoms with Gasteiger partial charge in [-0.05, 0) is 19.1 Å². The Bertz CT molecular complexity index is 498. The molecule has 0 unspecified atom stereocenters.